The van der Waals surface area contributed by atoms with Gasteiger partial charge in [-0.05, 0) is 50.4 Å². The van der Waals surface area contributed by atoms with Crippen LogP contribution in [0.4, 0.5) is 0 Å². The maximum absolute atomic E-state index is 12.2. The predicted molar refractivity (Wildman–Crippen MR) is 93.7 cm³/mol. The summed E-state index contributed by atoms with van der Waals surface area (Å²) >= 11 is 0. The van der Waals surface area contributed by atoms with E-state index in [1.807, 2.05) is 25.1 Å². The second-order valence-corrected chi connectivity index (χ2v) is 5.81. The van der Waals surface area contributed by atoms with E-state index in [-0.39, 0.29) is 30.4 Å². The van der Waals surface area contributed by atoms with Crippen molar-refractivity contribution in [2.45, 2.75) is 44.7 Å². The summed E-state index contributed by atoms with van der Waals surface area (Å²) < 4.78 is 10.5. The van der Waals surface area contributed by atoms with Gasteiger partial charge in [-0.25, -0.2) is 0 Å². The van der Waals surface area contributed by atoms with E-state index < -0.39 is 0 Å². The second-order valence-electron chi connectivity index (χ2n) is 5.81. The van der Waals surface area contributed by atoms with Crippen molar-refractivity contribution in [3.8, 4) is 11.5 Å². The summed E-state index contributed by atoms with van der Waals surface area (Å²) in [6, 6.07) is 5.89. The van der Waals surface area contributed by atoms with E-state index in [1.165, 1.54) is 0 Å². The molecule has 1 aliphatic heterocycles. The number of benzene rings is 1. The van der Waals surface area contributed by atoms with Crippen LogP contribution >= 0.6 is 12.4 Å². The lowest BCUT2D eigenvalue weighted by Gasteiger charge is -2.24. The number of ether oxygens (including phenoxy) is 2. The standard InChI is InChI=1S/C17H26N2O3.ClH/c1-12(19-17(20)14-6-4-5-9-18-14)10-13-7-8-15(21-2)16(11-13)22-3;/h7-8,11-12,14,18H,4-6,9-10H2,1-3H3,(H,19,20);1H. The van der Waals surface area contributed by atoms with Crippen LogP contribution < -0.4 is 20.1 Å². The van der Waals surface area contributed by atoms with Crippen LogP contribution in [0.1, 0.15) is 31.7 Å². The summed E-state index contributed by atoms with van der Waals surface area (Å²) in [6.07, 6.45) is 3.97. The molecular weight excluding hydrogens is 316 g/mol. The summed E-state index contributed by atoms with van der Waals surface area (Å²) in [5, 5.41) is 6.36. The number of carbonyl (C=O) groups is 1. The van der Waals surface area contributed by atoms with Crippen LogP contribution in [0.2, 0.25) is 0 Å². The third-order valence-electron chi connectivity index (χ3n) is 4.01. The summed E-state index contributed by atoms with van der Waals surface area (Å²) in [5.41, 5.74) is 1.11. The van der Waals surface area contributed by atoms with Gasteiger partial charge in [0.25, 0.3) is 0 Å². The van der Waals surface area contributed by atoms with Crippen molar-refractivity contribution < 1.29 is 14.3 Å². The molecule has 0 aliphatic carbocycles. The minimum Gasteiger partial charge on any atom is -0.493 e. The molecule has 1 fully saturated rings. The van der Waals surface area contributed by atoms with Gasteiger partial charge in [0, 0.05) is 6.04 Å². The molecule has 130 valence electrons. The average molecular weight is 343 g/mol. The number of rotatable bonds is 6. The first-order valence-corrected chi connectivity index (χ1v) is 7.88. The van der Waals surface area contributed by atoms with Gasteiger partial charge in [0.1, 0.15) is 0 Å². The normalized spacial score (nSPS) is 18.5. The van der Waals surface area contributed by atoms with Crippen LogP contribution in [0.25, 0.3) is 0 Å². The first kappa shape index (κ1) is 19.6. The summed E-state index contributed by atoms with van der Waals surface area (Å²) in [7, 11) is 3.25. The molecule has 5 nitrogen and oxygen atoms in total. The van der Waals surface area contributed by atoms with Gasteiger partial charge in [-0.1, -0.05) is 12.5 Å². The smallest absolute Gasteiger partial charge is 0.237 e. The SMILES string of the molecule is COc1ccc(CC(C)NC(=O)C2CCCCN2)cc1OC.Cl. The zero-order chi connectivity index (χ0) is 15.9. The number of methoxy groups -OCH3 is 2. The highest BCUT2D eigenvalue weighted by molar-refractivity contribution is 5.85. The first-order valence-electron chi connectivity index (χ1n) is 7.88. The van der Waals surface area contributed by atoms with E-state index in [1.54, 1.807) is 14.2 Å². The highest BCUT2D eigenvalue weighted by Gasteiger charge is 2.21. The molecule has 6 heteroatoms. The van der Waals surface area contributed by atoms with Crippen molar-refractivity contribution in [3.63, 3.8) is 0 Å². The fraction of sp³-hybridized carbons (Fsp3) is 0.588. The van der Waals surface area contributed by atoms with Gasteiger partial charge in [-0.2, -0.15) is 0 Å². The number of carbonyl (C=O) groups excluding carboxylic acids is 1. The lowest BCUT2D eigenvalue weighted by molar-refractivity contribution is -0.124. The van der Waals surface area contributed by atoms with Gasteiger partial charge in [-0.3, -0.25) is 4.79 Å². The highest BCUT2D eigenvalue weighted by atomic mass is 35.5. The third-order valence-corrected chi connectivity index (χ3v) is 4.01. The Labute approximate surface area is 144 Å². The molecular formula is C17H27ClN2O3. The Morgan fingerprint density at radius 3 is 2.65 bits per heavy atom. The monoisotopic (exact) mass is 342 g/mol. The highest BCUT2D eigenvalue weighted by Crippen LogP contribution is 2.27. The second kappa shape index (κ2) is 9.63. The predicted octanol–water partition coefficient (Wildman–Crippen LogP) is 2.31. The molecule has 0 aromatic heterocycles. The summed E-state index contributed by atoms with van der Waals surface area (Å²) in [5.74, 6) is 1.54. The third kappa shape index (κ3) is 5.59. The number of hydrogen-bond acceptors (Lipinski definition) is 4. The Bertz CT molecular complexity index is 505. The molecule has 2 atom stereocenters. The van der Waals surface area contributed by atoms with Gasteiger partial charge < -0.3 is 20.1 Å². The molecule has 1 aliphatic rings. The Kier molecular flexibility index (Phi) is 8.20. The van der Waals surface area contributed by atoms with E-state index in [4.69, 9.17) is 9.47 Å². The fourth-order valence-electron chi connectivity index (χ4n) is 2.83. The van der Waals surface area contributed by atoms with Crippen LogP contribution in [-0.2, 0) is 11.2 Å². The van der Waals surface area contributed by atoms with Crippen molar-refractivity contribution in [2.24, 2.45) is 0 Å². The quantitative estimate of drug-likeness (QED) is 0.833. The van der Waals surface area contributed by atoms with E-state index in [0.29, 0.717) is 11.5 Å². The molecule has 2 rings (SSSR count). The lowest BCUT2D eigenvalue weighted by atomic mass is 10.0. The molecule has 2 unspecified atom stereocenters. The Balaban J connectivity index is 0.00000264. The molecule has 1 heterocycles. The summed E-state index contributed by atoms with van der Waals surface area (Å²) in [4.78, 5) is 12.2. The van der Waals surface area contributed by atoms with Crippen LogP contribution in [0, 0.1) is 0 Å². The van der Waals surface area contributed by atoms with Gasteiger partial charge in [0.05, 0.1) is 20.3 Å². The molecule has 1 saturated heterocycles. The van der Waals surface area contributed by atoms with Gasteiger partial charge in [0.2, 0.25) is 5.91 Å². The number of piperidine rings is 1. The molecule has 1 aromatic rings. The zero-order valence-corrected chi connectivity index (χ0v) is 14.9. The van der Waals surface area contributed by atoms with Crippen LogP contribution in [0.15, 0.2) is 18.2 Å². The molecule has 23 heavy (non-hydrogen) atoms. The molecule has 2 N–H and O–H groups in total. The molecule has 0 spiro atoms. The Morgan fingerprint density at radius 2 is 2.04 bits per heavy atom. The maximum atomic E-state index is 12.2. The fourth-order valence-corrected chi connectivity index (χ4v) is 2.83. The largest absolute Gasteiger partial charge is 0.493 e. The van der Waals surface area contributed by atoms with Crippen LogP contribution in [0.5, 0.6) is 11.5 Å². The number of hydrogen-bond donors (Lipinski definition) is 2. The summed E-state index contributed by atoms with van der Waals surface area (Å²) in [6.45, 7) is 2.96. The number of halogens is 1. The Hall–Kier alpha value is -1.46. The number of nitrogens with one attached hydrogen (secondary N) is 2. The Morgan fingerprint density at radius 1 is 1.30 bits per heavy atom. The van der Waals surface area contributed by atoms with Crippen LogP contribution in [-0.4, -0.2) is 38.8 Å². The van der Waals surface area contributed by atoms with Gasteiger partial charge >= 0.3 is 0 Å². The molecule has 0 bridgehead atoms. The van der Waals surface area contributed by atoms with Crippen LogP contribution in [0.3, 0.4) is 0 Å². The average Bonchev–Trinajstić information content (AvgIpc) is 2.55. The topological polar surface area (TPSA) is 59.6 Å². The van der Waals surface area contributed by atoms with E-state index >= 15 is 0 Å². The van der Waals surface area contributed by atoms with E-state index in [0.717, 1.165) is 37.8 Å². The molecule has 1 aromatic carbocycles. The van der Waals surface area contributed by atoms with Crippen molar-refractivity contribution in [1.29, 1.82) is 0 Å². The van der Waals surface area contributed by atoms with Crippen molar-refractivity contribution in [1.82, 2.24) is 10.6 Å². The zero-order valence-electron chi connectivity index (χ0n) is 14.1. The molecule has 0 radical (unpaired) electrons. The first-order chi connectivity index (χ1) is 10.6. The van der Waals surface area contributed by atoms with Gasteiger partial charge in [-0.15, -0.1) is 12.4 Å². The van der Waals surface area contributed by atoms with Crippen molar-refractivity contribution >= 4 is 18.3 Å². The lowest BCUT2D eigenvalue weighted by Crippen LogP contribution is -2.49. The minimum atomic E-state index is -0.0402. The van der Waals surface area contributed by atoms with E-state index in [9.17, 15) is 4.79 Å². The number of amides is 1. The minimum absolute atomic E-state index is 0. The van der Waals surface area contributed by atoms with E-state index in [2.05, 4.69) is 10.6 Å². The van der Waals surface area contributed by atoms with Crippen molar-refractivity contribution in [2.75, 3.05) is 20.8 Å². The molecule has 0 saturated carbocycles. The molecule has 1 amide bonds. The van der Waals surface area contributed by atoms with Crippen molar-refractivity contribution in [3.05, 3.63) is 23.8 Å². The maximum Gasteiger partial charge on any atom is 0.237 e. The van der Waals surface area contributed by atoms with Gasteiger partial charge in [0.15, 0.2) is 11.5 Å².